The Morgan fingerprint density at radius 3 is 2.47 bits per heavy atom. The number of halogens is 2. The Morgan fingerprint density at radius 1 is 1.41 bits per heavy atom. The van der Waals surface area contributed by atoms with Crippen LogP contribution in [0.15, 0.2) is 10.5 Å². The van der Waals surface area contributed by atoms with E-state index in [1.165, 1.54) is 20.3 Å². The lowest BCUT2D eigenvalue weighted by Crippen LogP contribution is -2.02. The van der Waals surface area contributed by atoms with Gasteiger partial charge >= 0.3 is 5.97 Å². The summed E-state index contributed by atoms with van der Waals surface area (Å²) in [6, 6.07) is 1.23. The molecule has 1 aromatic rings. The second-order valence-electron chi connectivity index (χ2n) is 3.29. The molecule has 0 bridgehead atoms. The third-order valence-electron chi connectivity index (χ3n) is 2.22. The quantitative estimate of drug-likeness (QED) is 0.908. The highest BCUT2D eigenvalue weighted by Gasteiger charge is 2.18. The summed E-state index contributed by atoms with van der Waals surface area (Å²) in [5, 5.41) is 8.61. The van der Waals surface area contributed by atoms with Crippen molar-refractivity contribution in [3.05, 3.63) is 21.9 Å². The minimum Gasteiger partial charge on any atom is -0.495 e. The number of aliphatic carboxylic acids is 1. The van der Waals surface area contributed by atoms with Gasteiger partial charge in [-0.15, -0.1) is 0 Å². The fourth-order valence-corrected chi connectivity index (χ4v) is 2.24. The molecular weight excluding hydrogens is 295 g/mol. The molecule has 94 valence electrons. The molecule has 0 fully saturated rings. The molecule has 17 heavy (non-hydrogen) atoms. The number of rotatable bonds is 5. The summed E-state index contributed by atoms with van der Waals surface area (Å²) < 4.78 is 23.9. The first-order valence-electron chi connectivity index (χ1n) is 4.81. The van der Waals surface area contributed by atoms with Crippen molar-refractivity contribution in [1.82, 2.24) is 0 Å². The van der Waals surface area contributed by atoms with Crippen molar-refractivity contribution in [3.8, 4) is 11.5 Å². The highest BCUT2D eigenvalue weighted by molar-refractivity contribution is 9.10. The predicted octanol–water partition coefficient (Wildman–Crippen LogP) is 2.62. The predicted molar refractivity (Wildman–Crippen MR) is 63.2 cm³/mol. The first-order chi connectivity index (χ1) is 8.01. The van der Waals surface area contributed by atoms with Crippen molar-refractivity contribution in [1.29, 1.82) is 0 Å². The lowest BCUT2D eigenvalue weighted by atomic mass is 10.1. The van der Waals surface area contributed by atoms with Crippen LogP contribution in [0.4, 0.5) is 4.39 Å². The fraction of sp³-hybridized carbons (Fsp3) is 0.364. The number of hydrogen-bond acceptors (Lipinski definition) is 3. The van der Waals surface area contributed by atoms with Gasteiger partial charge in [0.05, 0.1) is 14.2 Å². The molecule has 0 amide bonds. The van der Waals surface area contributed by atoms with E-state index in [9.17, 15) is 9.18 Å². The van der Waals surface area contributed by atoms with Crippen LogP contribution in [0.5, 0.6) is 11.5 Å². The maximum absolute atomic E-state index is 13.6. The number of carboxylic acids is 1. The number of ether oxygens (including phenoxy) is 2. The van der Waals surface area contributed by atoms with Crippen molar-refractivity contribution in [2.75, 3.05) is 14.2 Å². The normalized spacial score (nSPS) is 10.1. The van der Waals surface area contributed by atoms with Gasteiger partial charge < -0.3 is 14.6 Å². The monoisotopic (exact) mass is 306 g/mol. The number of benzene rings is 1. The van der Waals surface area contributed by atoms with Gasteiger partial charge in [-0.3, -0.25) is 4.79 Å². The molecule has 0 saturated carbocycles. The van der Waals surface area contributed by atoms with Crippen LogP contribution in [0.25, 0.3) is 0 Å². The average molecular weight is 307 g/mol. The zero-order chi connectivity index (χ0) is 13.0. The maximum atomic E-state index is 13.6. The lowest BCUT2D eigenvalue weighted by molar-refractivity contribution is -0.136. The van der Waals surface area contributed by atoms with Gasteiger partial charge in [-0.05, 0) is 34.0 Å². The van der Waals surface area contributed by atoms with Crippen LogP contribution >= 0.6 is 15.9 Å². The van der Waals surface area contributed by atoms with E-state index in [1.54, 1.807) is 0 Å². The molecule has 0 aliphatic heterocycles. The van der Waals surface area contributed by atoms with E-state index < -0.39 is 11.8 Å². The molecule has 4 nitrogen and oxygen atoms in total. The van der Waals surface area contributed by atoms with Gasteiger partial charge in [0.15, 0.2) is 11.6 Å². The van der Waals surface area contributed by atoms with Gasteiger partial charge in [-0.2, -0.15) is 0 Å². The summed E-state index contributed by atoms with van der Waals surface area (Å²) in [6.07, 6.45) is 0.104. The standard InChI is InChI=1S/C11H12BrFO4/c1-16-10-6(3-4-8(14)15)5-7(13)11(17-2)9(10)12/h5H,3-4H2,1-2H3,(H,14,15). The molecule has 1 N–H and O–H groups in total. The summed E-state index contributed by atoms with van der Waals surface area (Å²) in [6.45, 7) is 0. The van der Waals surface area contributed by atoms with Crippen molar-refractivity contribution >= 4 is 21.9 Å². The van der Waals surface area contributed by atoms with E-state index in [0.29, 0.717) is 15.8 Å². The SMILES string of the molecule is COc1c(F)cc(CCC(=O)O)c(OC)c1Br. The molecule has 0 spiro atoms. The number of carbonyl (C=O) groups is 1. The highest BCUT2D eigenvalue weighted by Crippen LogP contribution is 2.39. The molecule has 0 aromatic heterocycles. The van der Waals surface area contributed by atoms with E-state index >= 15 is 0 Å². The Kier molecular flexibility index (Phi) is 4.74. The van der Waals surface area contributed by atoms with Gasteiger partial charge in [0.1, 0.15) is 10.2 Å². The number of hydrogen-bond donors (Lipinski definition) is 1. The van der Waals surface area contributed by atoms with Gasteiger partial charge in [0.25, 0.3) is 0 Å². The first kappa shape index (κ1) is 13.8. The summed E-state index contributed by atoms with van der Waals surface area (Å²) in [4.78, 5) is 10.5. The van der Waals surface area contributed by atoms with Crippen molar-refractivity contribution in [2.45, 2.75) is 12.8 Å². The van der Waals surface area contributed by atoms with E-state index in [1.807, 2.05) is 0 Å². The maximum Gasteiger partial charge on any atom is 0.303 e. The molecule has 1 rings (SSSR count). The molecule has 0 unspecified atom stereocenters. The Morgan fingerprint density at radius 2 is 2.00 bits per heavy atom. The van der Waals surface area contributed by atoms with Gasteiger partial charge in [-0.1, -0.05) is 0 Å². The van der Waals surface area contributed by atoms with Crippen LogP contribution in [0, 0.1) is 5.82 Å². The molecular formula is C11H12BrFO4. The molecule has 1 aromatic carbocycles. The third kappa shape index (κ3) is 3.09. The first-order valence-corrected chi connectivity index (χ1v) is 5.61. The lowest BCUT2D eigenvalue weighted by Gasteiger charge is -2.13. The summed E-state index contributed by atoms with van der Waals surface area (Å²) in [5.74, 6) is -1.06. The van der Waals surface area contributed by atoms with Gasteiger partial charge in [0.2, 0.25) is 0 Å². The van der Waals surface area contributed by atoms with E-state index in [4.69, 9.17) is 14.6 Å². The van der Waals surface area contributed by atoms with Gasteiger partial charge in [0, 0.05) is 6.42 Å². The number of carboxylic acid groups (broad SMARTS) is 1. The zero-order valence-corrected chi connectivity index (χ0v) is 11.0. The topological polar surface area (TPSA) is 55.8 Å². The van der Waals surface area contributed by atoms with E-state index in [0.717, 1.165) is 0 Å². The Bertz CT molecular complexity index is 434. The smallest absolute Gasteiger partial charge is 0.303 e. The molecule has 6 heteroatoms. The molecule has 0 aliphatic carbocycles. The summed E-state index contributed by atoms with van der Waals surface area (Å²) in [7, 11) is 2.78. The van der Waals surface area contributed by atoms with Crippen LogP contribution in [0.1, 0.15) is 12.0 Å². The Labute approximate surface area is 106 Å². The zero-order valence-electron chi connectivity index (χ0n) is 9.42. The third-order valence-corrected chi connectivity index (χ3v) is 2.94. The second-order valence-corrected chi connectivity index (χ2v) is 4.08. The van der Waals surface area contributed by atoms with Crippen LogP contribution in [0.2, 0.25) is 0 Å². The van der Waals surface area contributed by atoms with Crippen LogP contribution < -0.4 is 9.47 Å². The fourth-order valence-electron chi connectivity index (χ4n) is 1.47. The number of aryl methyl sites for hydroxylation is 1. The van der Waals surface area contributed by atoms with E-state index in [-0.39, 0.29) is 18.6 Å². The minimum atomic E-state index is -0.945. The Hall–Kier alpha value is -1.30. The Balaban J connectivity index is 3.17. The molecule has 0 heterocycles. The minimum absolute atomic E-state index is 0.0425. The summed E-state index contributed by atoms with van der Waals surface area (Å²) in [5.41, 5.74) is 0.486. The number of methoxy groups -OCH3 is 2. The van der Waals surface area contributed by atoms with E-state index in [2.05, 4.69) is 15.9 Å². The average Bonchev–Trinajstić information content (AvgIpc) is 2.26. The molecule has 0 atom stereocenters. The second kappa shape index (κ2) is 5.86. The van der Waals surface area contributed by atoms with Crippen LogP contribution in [-0.4, -0.2) is 25.3 Å². The molecule has 0 saturated heterocycles. The van der Waals surface area contributed by atoms with Crippen molar-refractivity contribution in [2.24, 2.45) is 0 Å². The molecule has 0 radical (unpaired) electrons. The highest BCUT2D eigenvalue weighted by atomic mass is 79.9. The van der Waals surface area contributed by atoms with Crippen molar-refractivity contribution in [3.63, 3.8) is 0 Å². The largest absolute Gasteiger partial charge is 0.495 e. The summed E-state index contributed by atoms with van der Waals surface area (Å²) >= 11 is 3.17. The van der Waals surface area contributed by atoms with Crippen LogP contribution in [-0.2, 0) is 11.2 Å². The van der Waals surface area contributed by atoms with Gasteiger partial charge in [-0.25, -0.2) is 4.39 Å². The molecule has 0 aliphatic rings. The van der Waals surface area contributed by atoms with Crippen molar-refractivity contribution < 1.29 is 23.8 Å². The van der Waals surface area contributed by atoms with Crippen LogP contribution in [0.3, 0.4) is 0 Å².